The average molecular weight is 263 g/mol. The van der Waals surface area contributed by atoms with Crippen molar-refractivity contribution < 1.29 is 0 Å². The Labute approximate surface area is 118 Å². The van der Waals surface area contributed by atoms with Crippen LogP contribution in [0.15, 0.2) is 0 Å². The van der Waals surface area contributed by atoms with E-state index in [2.05, 4.69) is 36.8 Å². The van der Waals surface area contributed by atoms with Crippen LogP contribution in [0.25, 0.3) is 0 Å². The van der Waals surface area contributed by atoms with Gasteiger partial charge in [0.15, 0.2) is 0 Å². The molecule has 4 atom stereocenters. The van der Waals surface area contributed by atoms with E-state index in [-0.39, 0.29) is 5.92 Å². The summed E-state index contributed by atoms with van der Waals surface area (Å²) in [4.78, 5) is 5.05. The Hall–Kier alpha value is -0.590. The molecule has 1 aliphatic heterocycles. The molecule has 1 saturated carbocycles. The van der Waals surface area contributed by atoms with Gasteiger partial charge in [-0.2, -0.15) is 5.26 Å². The monoisotopic (exact) mass is 263 g/mol. The van der Waals surface area contributed by atoms with Gasteiger partial charge >= 0.3 is 0 Å². The second-order valence-electron chi connectivity index (χ2n) is 6.60. The van der Waals surface area contributed by atoms with Gasteiger partial charge in [0.1, 0.15) is 0 Å². The van der Waals surface area contributed by atoms with E-state index in [1.54, 1.807) is 0 Å². The molecule has 2 fully saturated rings. The molecule has 2 aliphatic rings. The summed E-state index contributed by atoms with van der Waals surface area (Å²) in [5, 5.41) is 9.44. The fraction of sp³-hybridized carbons (Fsp3) is 0.938. The van der Waals surface area contributed by atoms with Gasteiger partial charge in [-0.05, 0) is 39.2 Å². The standard InChI is InChI=1S/C16H29N3/c1-4-5-14-6-7-15(11-17)16(10-14)19-9-8-18(3)13(2)12-19/h13-16H,4-10,12H2,1-3H3. The van der Waals surface area contributed by atoms with Crippen molar-refractivity contribution in [3.8, 4) is 6.07 Å². The van der Waals surface area contributed by atoms with Crippen LogP contribution in [0.3, 0.4) is 0 Å². The molecule has 108 valence electrons. The maximum Gasteiger partial charge on any atom is 0.0672 e. The second kappa shape index (κ2) is 6.72. The zero-order valence-corrected chi connectivity index (χ0v) is 12.8. The van der Waals surface area contributed by atoms with E-state index in [1.165, 1.54) is 25.7 Å². The van der Waals surface area contributed by atoms with E-state index in [9.17, 15) is 5.26 Å². The van der Waals surface area contributed by atoms with Gasteiger partial charge in [0.2, 0.25) is 0 Å². The lowest BCUT2D eigenvalue weighted by Gasteiger charge is -2.46. The van der Waals surface area contributed by atoms with Crippen LogP contribution in [0.2, 0.25) is 0 Å². The largest absolute Gasteiger partial charge is 0.301 e. The number of nitriles is 1. The summed E-state index contributed by atoms with van der Waals surface area (Å²) in [6, 6.07) is 3.73. The summed E-state index contributed by atoms with van der Waals surface area (Å²) >= 11 is 0. The first-order valence-corrected chi connectivity index (χ1v) is 7.99. The van der Waals surface area contributed by atoms with Crippen LogP contribution in [0.5, 0.6) is 0 Å². The van der Waals surface area contributed by atoms with Crippen molar-refractivity contribution in [3.63, 3.8) is 0 Å². The lowest BCUT2D eigenvalue weighted by atomic mass is 9.76. The van der Waals surface area contributed by atoms with Crippen LogP contribution >= 0.6 is 0 Å². The molecule has 1 aliphatic carbocycles. The highest BCUT2D eigenvalue weighted by Gasteiger charge is 2.36. The maximum absolute atomic E-state index is 9.44. The summed E-state index contributed by atoms with van der Waals surface area (Å²) in [6.07, 6.45) is 6.27. The number of hydrogen-bond donors (Lipinski definition) is 0. The van der Waals surface area contributed by atoms with Crippen molar-refractivity contribution in [1.29, 1.82) is 5.26 Å². The molecule has 1 saturated heterocycles. The van der Waals surface area contributed by atoms with Crippen LogP contribution < -0.4 is 0 Å². The molecule has 0 aromatic rings. The molecule has 3 nitrogen and oxygen atoms in total. The van der Waals surface area contributed by atoms with Crippen molar-refractivity contribution in [2.75, 3.05) is 26.7 Å². The van der Waals surface area contributed by atoms with E-state index < -0.39 is 0 Å². The van der Waals surface area contributed by atoms with E-state index >= 15 is 0 Å². The molecule has 3 heteroatoms. The van der Waals surface area contributed by atoms with Crippen LogP contribution in [0, 0.1) is 23.2 Å². The third-order valence-electron chi connectivity index (χ3n) is 5.25. The van der Waals surface area contributed by atoms with Crippen molar-refractivity contribution in [1.82, 2.24) is 9.80 Å². The summed E-state index contributed by atoms with van der Waals surface area (Å²) in [7, 11) is 2.21. The highest BCUT2D eigenvalue weighted by molar-refractivity contribution is 4.99. The predicted molar refractivity (Wildman–Crippen MR) is 78.8 cm³/mol. The number of likely N-dealkylation sites (N-methyl/N-ethyl adjacent to an activating group) is 1. The molecule has 19 heavy (non-hydrogen) atoms. The molecule has 0 spiro atoms. The average Bonchev–Trinajstić information content (AvgIpc) is 2.42. The van der Waals surface area contributed by atoms with Crippen molar-refractivity contribution >= 4 is 0 Å². The highest BCUT2D eigenvalue weighted by atomic mass is 15.3. The summed E-state index contributed by atoms with van der Waals surface area (Å²) in [5.74, 6) is 1.12. The molecule has 4 unspecified atom stereocenters. The van der Waals surface area contributed by atoms with E-state index in [4.69, 9.17) is 0 Å². The number of piperazine rings is 1. The van der Waals surface area contributed by atoms with Crippen LogP contribution in [-0.4, -0.2) is 48.6 Å². The van der Waals surface area contributed by atoms with Gasteiger partial charge in [0.05, 0.1) is 12.0 Å². The Morgan fingerprint density at radius 3 is 2.68 bits per heavy atom. The molecule has 0 aromatic carbocycles. The molecule has 0 radical (unpaired) electrons. The SMILES string of the molecule is CCCC1CCC(C#N)C(N2CCN(C)C(C)C2)C1. The van der Waals surface area contributed by atoms with E-state index in [0.29, 0.717) is 12.1 Å². The van der Waals surface area contributed by atoms with E-state index in [1.807, 2.05) is 0 Å². The zero-order chi connectivity index (χ0) is 13.8. The van der Waals surface area contributed by atoms with Crippen LogP contribution in [0.4, 0.5) is 0 Å². The number of rotatable bonds is 3. The Morgan fingerprint density at radius 1 is 1.26 bits per heavy atom. The highest BCUT2D eigenvalue weighted by Crippen LogP contribution is 2.35. The van der Waals surface area contributed by atoms with Gasteiger partial charge in [-0.1, -0.05) is 19.8 Å². The Bertz CT molecular complexity index is 322. The fourth-order valence-corrected chi connectivity index (χ4v) is 3.83. The minimum Gasteiger partial charge on any atom is -0.301 e. The lowest BCUT2D eigenvalue weighted by molar-refractivity contribution is 0.0311. The molecule has 0 aromatic heterocycles. The fourth-order valence-electron chi connectivity index (χ4n) is 3.83. The van der Waals surface area contributed by atoms with Gasteiger partial charge in [-0.25, -0.2) is 0 Å². The summed E-state index contributed by atoms with van der Waals surface area (Å²) in [6.45, 7) is 8.01. The summed E-state index contributed by atoms with van der Waals surface area (Å²) in [5.41, 5.74) is 0. The minimum absolute atomic E-state index is 0.267. The van der Waals surface area contributed by atoms with Crippen LogP contribution in [0.1, 0.15) is 46.0 Å². The van der Waals surface area contributed by atoms with Crippen molar-refractivity contribution in [2.45, 2.75) is 58.0 Å². The molecule has 0 bridgehead atoms. The van der Waals surface area contributed by atoms with Gasteiger partial charge in [0.25, 0.3) is 0 Å². The smallest absolute Gasteiger partial charge is 0.0672 e. The topological polar surface area (TPSA) is 30.3 Å². The molecule has 1 heterocycles. The van der Waals surface area contributed by atoms with Gasteiger partial charge < -0.3 is 4.90 Å². The summed E-state index contributed by atoms with van der Waals surface area (Å²) < 4.78 is 0. The minimum atomic E-state index is 0.267. The first kappa shape index (κ1) is 14.8. The molecular weight excluding hydrogens is 234 g/mol. The third kappa shape index (κ3) is 3.49. The Morgan fingerprint density at radius 2 is 2.05 bits per heavy atom. The molecule has 0 amide bonds. The number of hydrogen-bond acceptors (Lipinski definition) is 3. The molecular formula is C16H29N3. The van der Waals surface area contributed by atoms with Gasteiger partial charge in [-0.3, -0.25) is 4.90 Å². The zero-order valence-electron chi connectivity index (χ0n) is 12.8. The number of nitrogens with zero attached hydrogens (tertiary/aromatic N) is 3. The van der Waals surface area contributed by atoms with Crippen molar-refractivity contribution in [2.24, 2.45) is 11.8 Å². The third-order valence-corrected chi connectivity index (χ3v) is 5.25. The maximum atomic E-state index is 9.44. The predicted octanol–water partition coefficient (Wildman–Crippen LogP) is 2.73. The molecule has 0 N–H and O–H groups in total. The Balaban J connectivity index is 2.00. The lowest BCUT2D eigenvalue weighted by Crippen LogP contribution is -2.56. The first-order chi connectivity index (χ1) is 9.15. The van der Waals surface area contributed by atoms with E-state index in [0.717, 1.165) is 32.0 Å². The van der Waals surface area contributed by atoms with Crippen molar-refractivity contribution in [3.05, 3.63) is 0 Å². The quantitative estimate of drug-likeness (QED) is 0.784. The Kier molecular flexibility index (Phi) is 5.24. The molecule has 2 rings (SSSR count). The van der Waals surface area contributed by atoms with Gasteiger partial charge in [-0.15, -0.1) is 0 Å². The van der Waals surface area contributed by atoms with Crippen LogP contribution in [-0.2, 0) is 0 Å². The van der Waals surface area contributed by atoms with Gasteiger partial charge in [0, 0.05) is 31.7 Å². The normalized spacial score (nSPS) is 38.0. The second-order valence-corrected chi connectivity index (χ2v) is 6.60. The first-order valence-electron chi connectivity index (χ1n) is 7.99.